The van der Waals surface area contributed by atoms with Gasteiger partial charge in [0.05, 0.1) is 12.2 Å². The monoisotopic (exact) mass is 256 g/mol. The van der Waals surface area contributed by atoms with Crippen molar-refractivity contribution in [3.05, 3.63) is 0 Å². The van der Waals surface area contributed by atoms with Crippen molar-refractivity contribution in [2.75, 3.05) is 12.0 Å². The average Bonchev–Trinajstić information content (AvgIpc) is 2.88. The Hall–Kier alpha value is -0.220. The van der Waals surface area contributed by atoms with Gasteiger partial charge < -0.3 is 4.90 Å². The molecule has 2 aliphatic rings. The molecule has 0 bridgehead atoms. The smallest absolute Gasteiger partial charge is 0.241 e. The first-order valence-corrected chi connectivity index (χ1v) is 8.11. The minimum Gasteiger partial charge on any atom is -0.322 e. The lowest BCUT2D eigenvalue weighted by atomic mass is 10.0. The summed E-state index contributed by atoms with van der Waals surface area (Å²) in [4.78, 5) is 14.4. The quantitative estimate of drug-likeness (QED) is 0.836. The predicted molar refractivity (Wildman–Crippen MR) is 73.0 cm³/mol. The van der Waals surface area contributed by atoms with Crippen LogP contribution in [0.15, 0.2) is 0 Å². The maximum absolute atomic E-state index is 12.2. The van der Waals surface area contributed by atoms with Crippen molar-refractivity contribution in [1.82, 2.24) is 10.2 Å². The van der Waals surface area contributed by atoms with E-state index in [1.165, 1.54) is 25.7 Å². The Bertz CT molecular complexity index is 279. The lowest BCUT2D eigenvalue weighted by Gasteiger charge is -2.33. The van der Waals surface area contributed by atoms with Crippen molar-refractivity contribution >= 4 is 17.7 Å². The fourth-order valence-corrected chi connectivity index (χ4v) is 3.86. The summed E-state index contributed by atoms with van der Waals surface area (Å²) in [6, 6.07) is 0.352. The maximum atomic E-state index is 12.2. The molecular formula is C13H24N2OS. The molecule has 4 heteroatoms. The zero-order chi connectivity index (χ0) is 12.4. The van der Waals surface area contributed by atoms with Crippen molar-refractivity contribution in [2.45, 2.75) is 57.8 Å². The Labute approximate surface area is 109 Å². The van der Waals surface area contributed by atoms with Crippen molar-refractivity contribution in [2.24, 2.45) is 5.92 Å². The van der Waals surface area contributed by atoms with Gasteiger partial charge in [-0.1, -0.05) is 12.8 Å². The van der Waals surface area contributed by atoms with Gasteiger partial charge in [-0.05, 0) is 38.9 Å². The molecule has 0 aromatic carbocycles. The molecule has 3 unspecified atom stereocenters. The molecule has 1 aliphatic carbocycles. The summed E-state index contributed by atoms with van der Waals surface area (Å²) in [6.07, 6.45) is 7.62. The highest BCUT2D eigenvalue weighted by Gasteiger charge is 2.43. The summed E-state index contributed by atoms with van der Waals surface area (Å²) < 4.78 is 0. The van der Waals surface area contributed by atoms with Crippen LogP contribution in [-0.4, -0.2) is 41.1 Å². The van der Waals surface area contributed by atoms with Crippen molar-refractivity contribution < 1.29 is 4.79 Å². The second-order valence-corrected chi connectivity index (χ2v) is 6.34. The van der Waals surface area contributed by atoms with Gasteiger partial charge in [0.15, 0.2) is 0 Å². The number of carbonyl (C=O) groups excluding carboxylic acids is 1. The number of rotatable bonds is 4. The number of hydrogen-bond acceptors (Lipinski definition) is 3. The van der Waals surface area contributed by atoms with Gasteiger partial charge in [-0.3, -0.25) is 10.1 Å². The minimum absolute atomic E-state index is 0.00454. The van der Waals surface area contributed by atoms with Crippen LogP contribution in [0.2, 0.25) is 0 Å². The van der Waals surface area contributed by atoms with Gasteiger partial charge in [0.2, 0.25) is 5.91 Å². The van der Waals surface area contributed by atoms with Gasteiger partial charge >= 0.3 is 0 Å². The molecule has 0 aromatic rings. The third-order valence-corrected chi connectivity index (χ3v) is 4.89. The second-order valence-electron chi connectivity index (χ2n) is 5.43. The molecule has 1 heterocycles. The SMILES string of the molecule is CSCC(C)N1C(=O)C(C)NC1C1CCCC1. The zero-order valence-corrected chi connectivity index (χ0v) is 11.9. The highest BCUT2D eigenvalue weighted by molar-refractivity contribution is 7.98. The molecule has 98 valence electrons. The summed E-state index contributed by atoms with van der Waals surface area (Å²) in [5.74, 6) is 2.00. The number of carbonyl (C=O) groups is 1. The zero-order valence-electron chi connectivity index (χ0n) is 11.1. The Morgan fingerprint density at radius 1 is 1.47 bits per heavy atom. The second kappa shape index (κ2) is 5.61. The average molecular weight is 256 g/mol. The topological polar surface area (TPSA) is 32.3 Å². The first-order chi connectivity index (χ1) is 8.15. The van der Waals surface area contributed by atoms with Crippen molar-refractivity contribution in [1.29, 1.82) is 0 Å². The highest BCUT2D eigenvalue weighted by atomic mass is 32.2. The molecule has 1 aliphatic heterocycles. The number of thioether (sulfide) groups is 1. The summed E-state index contributed by atoms with van der Waals surface area (Å²) >= 11 is 1.82. The van der Waals surface area contributed by atoms with Crippen LogP contribution in [0.4, 0.5) is 0 Å². The van der Waals surface area contributed by atoms with Crippen LogP contribution in [0.25, 0.3) is 0 Å². The molecule has 1 N–H and O–H groups in total. The Morgan fingerprint density at radius 3 is 2.71 bits per heavy atom. The first-order valence-electron chi connectivity index (χ1n) is 6.72. The number of hydrogen-bond donors (Lipinski definition) is 1. The molecular weight excluding hydrogens is 232 g/mol. The molecule has 2 rings (SSSR count). The standard InChI is InChI=1S/C13H24N2OS/c1-9(8-17-3)15-12(11-6-4-5-7-11)14-10(2)13(15)16/h9-12,14H,4-8H2,1-3H3. The fraction of sp³-hybridized carbons (Fsp3) is 0.923. The molecule has 1 amide bonds. The molecule has 0 aromatic heterocycles. The van der Waals surface area contributed by atoms with E-state index in [0.717, 1.165) is 5.75 Å². The van der Waals surface area contributed by atoms with E-state index in [4.69, 9.17) is 0 Å². The maximum Gasteiger partial charge on any atom is 0.241 e. The summed E-state index contributed by atoms with van der Waals surface area (Å²) in [6.45, 7) is 4.17. The van der Waals surface area contributed by atoms with Crippen LogP contribution < -0.4 is 5.32 Å². The van der Waals surface area contributed by atoms with Crippen LogP contribution in [-0.2, 0) is 4.79 Å². The van der Waals surface area contributed by atoms with E-state index < -0.39 is 0 Å². The fourth-order valence-electron chi connectivity index (χ4n) is 3.22. The first kappa shape index (κ1) is 13.2. The van der Waals surface area contributed by atoms with Gasteiger partial charge in [-0.25, -0.2) is 0 Å². The molecule has 3 nitrogen and oxygen atoms in total. The van der Waals surface area contributed by atoms with Gasteiger partial charge in [0, 0.05) is 11.8 Å². The lowest BCUT2D eigenvalue weighted by molar-refractivity contribution is -0.131. The summed E-state index contributed by atoms with van der Waals surface area (Å²) in [5.41, 5.74) is 0. The van der Waals surface area contributed by atoms with Gasteiger partial charge in [0.25, 0.3) is 0 Å². The van der Waals surface area contributed by atoms with E-state index in [9.17, 15) is 4.79 Å². The van der Waals surface area contributed by atoms with E-state index in [-0.39, 0.29) is 6.04 Å². The van der Waals surface area contributed by atoms with Crippen LogP contribution in [0, 0.1) is 5.92 Å². The lowest BCUT2D eigenvalue weighted by Crippen LogP contribution is -2.47. The van der Waals surface area contributed by atoms with Crippen LogP contribution in [0.1, 0.15) is 39.5 Å². The van der Waals surface area contributed by atoms with Gasteiger partial charge in [-0.2, -0.15) is 11.8 Å². The predicted octanol–water partition coefficient (Wildman–Crippen LogP) is 2.07. The molecule has 2 fully saturated rings. The van der Waals surface area contributed by atoms with E-state index in [1.807, 2.05) is 18.7 Å². The number of nitrogens with zero attached hydrogens (tertiary/aromatic N) is 1. The van der Waals surface area contributed by atoms with Crippen LogP contribution >= 0.6 is 11.8 Å². The summed E-state index contributed by atoms with van der Waals surface area (Å²) in [7, 11) is 0. The Morgan fingerprint density at radius 2 is 2.12 bits per heavy atom. The molecule has 1 saturated carbocycles. The minimum atomic E-state index is 0.00454. The third-order valence-electron chi connectivity index (χ3n) is 4.07. The molecule has 3 atom stereocenters. The van der Waals surface area contributed by atoms with E-state index >= 15 is 0 Å². The Kier molecular flexibility index (Phi) is 4.36. The summed E-state index contributed by atoms with van der Waals surface area (Å²) in [5, 5.41) is 3.50. The van der Waals surface area contributed by atoms with Gasteiger partial charge in [0.1, 0.15) is 0 Å². The normalized spacial score (nSPS) is 32.4. The number of amides is 1. The van der Waals surface area contributed by atoms with Crippen LogP contribution in [0.5, 0.6) is 0 Å². The number of nitrogens with one attached hydrogen (secondary N) is 1. The molecule has 1 saturated heterocycles. The Balaban J connectivity index is 2.09. The largest absolute Gasteiger partial charge is 0.322 e. The van der Waals surface area contributed by atoms with Crippen molar-refractivity contribution in [3.8, 4) is 0 Å². The van der Waals surface area contributed by atoms with Crippen LogP contribution in [0.3, 0.4) is 0 Å². The molecule has 17 heavy (non-hydrogen) atoms. The highest BCUT2D eigenvalue weighted by Crippen LogP contribution is 2.33. The third kappa shape index (κ3) is 2.63. The molecule has 0 spiro atoms. The van der Waals surface area contributed by atoms with Crippen molar-refractivity contribution in [3.63, 3.8) is 0 Å². The van der Waals surface area contributed by atoms with E-state index in [0.29, 0.717) is 24.0 Å². The van der Waals surface area contributed by atoms with E-state index in [2.05, 4.69) is 23.4 Å². The van der Waals surface area contributed by atoms with E-state index in [1.54, 1.807) is 0 Å². The van der Waals surface area contributed by atoms with Gasteiger partial charge in [-0.15, -0.1) is 0 Å². The molecule has 0 radical (unpaired) electrons.